The van der Waals surface area contributed by atoms with Gasteiger partial charge in [-0.3, -0.25) is 5.43 Å². The number of benzene rings is 2. The zero-order chi connectivity index (χ0) is 13.7. The number of nitrogens with one attached hydrogen (secondary N) is 1. The molecule has 0 saturated heterocycles. The Labute approximate surface area is 116 Å². The van der Waals surface area contributed by atoms with Crippen molar-refractivity contribution >= 4 is 23.0 Å². The van der Waals surface area contributed by atoms with Crippen LogP contribution in [0.4, 0.5) is 0 Å². The van der Waals surface area contributed by atoms with E-state index in [1.807, 2.05) is 30.3 Å². The fraction of sp³-hybridized carbons (Fsp3) is 0. The first-order valence-electron chi connectivity index (χ1n) is 5.65. The molecule has 0 atom stereocenters. The van der Waals surface area contributed by atoms with E-state index in [2.05, 4.69) is 10.5 Å². The van der Waals surface area contributed by atoms with Crippen LogP contribution >= 0.6 is 12.2 Å². The molecule has 0 heterocycles. The molecule has 0 fully saturated rings. The summed E-state index contributed by atoms with van der Waals surface area (Å²) in [7, 11) is 0. The number of phenols is 1. The summed E-state index contributed by atoms with van der Waals surface area (Å²) < 4.78 is 0. The van der Waals surface area contributed by atoms with Gasteiger partial charge in [0.1, 0.15) is 5.75 Å². The van der Waals surface area contributed by atoms with E-state index in [4.69, 9.17) is 18.0 Å². The van der Waals surface area contributed by atoms with Gasteiger partial charge in [0.25, 0.3) is 0 Å². The third kappa shape index (κ3) is 3.53. The first-order valence-corrected chi connectivity index (χ1v) is 6.05. The standard InChI is InChI=1S/C14H13N3OS/c15-14(19)17-16-13(10-4-2-1-3-5-10)11-6-8-12(18)9-7-11/h1-9,18H,(H3,15,17,19)/b16-13+. The normalized spacial score (nSPS) is 11.1. The summed E-state index contributed by atoms with van der Waals surface area (Å²) in [5.41, 5.74) is 10.5. The van der Waals surface area contributed by atoms with Gasteiger partial charge >= 0.3 is 0 Å². The average Bonchev–Trinajstić information content (AvgIpc) is 2.42. The topological polar surface area (TPSA) is 70.6 Å². The summed E-state index contributed by atoms with van der Waals surface area (Å²) in [5.74, 6) is 0.207. The summed E-state index contributed by atoms with van der Waals surface area (Å²) in [6, 6.07) is 16.4. The Morgan fingerprint density at radius 2 is 1.58 bits per heavy atom. The summed E-state index contributed by atoms with van der Waals surface area (Å²) in [6.45, 7) is 0. The maximum absolute atomic E-state index is 9.33. The quantitative estimate of drug-likeness (QED) is 0.453. The third-order valence-electron chi connectivity index (χ3n) is 2.47. The first kappa shape index (κ1) is 13.0. The zero-order valence-electron chi connectivity index (χ0n) is 10.1. The molecular formula is C14H13N3OS. The number of rotatable bonds is 3. The molecule has 0 aliphatic heterocycles. The highest BCUT2D eigenvalue weighted by molar-refractivity contribution is 7.80. The number of hydrazone groups is 1. The molecule has 0 saturated carbocycles. The van der Waals surface area contributed by atoms with Crippen LogP contribution in [0.1, 0.15) is 11.1 Å². The van der Waals surface area contributed by atoms with Crippen molar-refractivity contribution in [1.82, 2.24) is 5.43 Å². The Kier molecular flexibility index (Phi) is 4.10. The van der Waals surface area contributed by atoms with Crippen LogP contribution in [0.15, 0.2) is 59.7 Å². The highest BCUT2D eigenvalue weighted by Crippen LogP contribution is 2.14. The molecule has 0 amide bonds. The number of nitrogens with zero attached hydrogens (tertiary/aromatic N) is 1. The second kappa shape index (κ2) is 5.97. The van der Waals surface area contributed by atoms with Crippen molar-refractivity contribution < 1.29 is 5.11 Å². The number of thiocarbonyl (C=S) groups is 1. The number of nitrogens with two attached hydrogens (primary N) is 1. The van der Waals surface area contributed by atoms with Crippen molar-refractivity contribution in [3.05, 3.63) is 65.7 Å². The maximum atomic E-state index is 9.33. The molecule has 0 aliphatic rings. The fourth-order valence-electron chi connectivity index (χ4n) is 1.62. The molecule has 2 rings (SSSR count). The van der Waals surface area contributed by atoms with Gasteiger partial charge in [0.15, 0.2) is 5.11 Å². The molecule has 0 aliphatic carbocycles. The molecular weight excluding hydrogens is 258 g/mol. The van der Waals surface area contributed by atoms with E-state index in [0.29, 0.717) is 5.71 Å². The van der Waals surface area contributed by atoms with Gasteiger partial charge in [-0.05, 0) is 36.5 Å². The van der Waals surface area contributed by atoms with Gasteiger partial charge in [-0.1, -0.05) is 30.3 Å². The predicted octanol–water partition coefficient (Wildman–Crippen LogP) is 1.98. The summed E-state index contributed by atoms with van der Waals surface area (Å²) >= 11 is 4.75. The average molecular weight is 271 g/mol. The minimum atomic E-state index is 0.104. The number of hydrogen-bond acceptors (Lipinski definition) is 3. The molecule has 0 radical (unpaired) electrons. The second-order valence-electron chi connectivity index (χ2n) is 3.85. The molecule has 0 unspecified atom stereocenters. The van der Waals surface area contributed by atoms with E-state index < -0.39 is 0 Å². The van der Waals surface area contributed by atoms with Crippen molar-refractivity contribution in [2.45, 2.75) is 0 Å². The molecule has 0 aromatic heterocycles. The third-order valence-corrected chi connectivity index (χ3v) is 2.56. The van der Waals surface area contributed by atoms with Crippen molar-refractivity contribution in [3.8, 4) is 5.75 Å². The van der Waals surface area contributed by atoms with Crippen LogP contribution in [0.2, 0.25) is 0 Å². The van der Waals surface area contributed by atoms with E-state index in [9.17, 15) is 5.11 Å². The molecule has 96 valence electrons. The highest BCUT2D eigenvalue weighted by atomic mass is 32.1. The van der Waals surface area contributed by atoms with Gasteiger partial charge < -0.3 is 10.8 Å². The minimum Gasteiger partial charge on any atom is -0.508 e. The van der Waals surface area contributed by atoms with Crippen LogP contribution in [0.3, 0.4) is 0 Å². The molecule has 2 aromatic rings. The lowest BCUT2D eigenvalue weighted by Crippen LogP contribution is -2.26. The van der Waals surface area contributed by atoms with Crippen molar-refractivity contribution in [2.75, 3.05) is 0 Å². The van der Waals surface area contributed by atoms with Gasteiger partial charge in [-0.15, -0.1) is 0 Å². The lowest BCUT2D eigenvalue weighted by Gasteiger charge is -2.08. The summed E-state index contributed by atoms with van der Waals surface area (Å²) in [5, 5.41) is 13.6. The molecule has 4 nitrogen and oxygen atoms in total. The second-order valence-corrected chi connectivity index (χ2v) is 4.29. The van der Waals surface area contributed by atoms with Crippen LogP contribution in [0.25, 0.3) is 0 Å². The number of hydrogen-bond donors (Lipinski definition) is 3. The lowest BCUT2D eigenvalue weighted by atomic mass is 10.0. The van der Waals surface area contributed by atoms with E-state index in [0.717, 1.165) is 11.1 Å². The van der Waals surface area contributed by atoms with Crippen molar-refractivity contribution in [2.24, 2.45) is 10.8 Å². The van der Waals surface area contributed by atoms with Crippen LogP contribution in [-0.2, 0) is 0 Å². The van der Waals surface area contributed by atoms with Crippen molar-refractivity contribution in [1.29, 1.82) is 0 Å². The highest BCUT2D eigenvalue weighted by Gasteiger charge is 2.07. The van der Waals surface area contributed by atoms with Crippen LogP contribution in [-0.4, -0.2) is 15.9 Å². The van der Waals surface area contributed by atoms with Gasteiger partial charge in [0.2, 0.25) is 0 Å². The van der Waals surface area contributed by atoms with Crippen LogP contribution in [0.5, 0.6) is 5.75 Å². The minimum absolute atomic E-state index is 0.104. The smallest absolute Gasteiger partial charge is 0.184 e. The van der Waals surface area contributed by atoms with Crippen molar-refractivity contribution in [3.63, 3.8) is 0 Å². The van der Waals surface area contributed by atoms with E-state index in [1.165, 1.54) is 0 Å². The lowest BCUT2D eigenvalue weighted by molar-refractivity contribution is 0.475. The predicted molar refractivity (Wildman–Crippen MR) is 80.1 cm³/mol. The van der Waals surface area contributed by atoms with Gasteiger partial charge in [0.05, 0.1) is 5.71 Å². The molecule has 4 N–H and O–H groups in total. The van der Waals surface area contributed by atoms with Gasteiger partial charge in [-0.2, -0.15) is 5.10 Å². The molecule has 0 spiro atoms. The van der Waals surface area contributed by atoms with Gasteiger partial charge in [-0.25, -0.2) is 0 Å². The van der Waals surface area contributed by atoms with E-state index in [-0.39, 0.29) is 10.9 Å². The van der Waals surface area contributed by atoms with Gasteiger partial charge in [0, 0.05) is 11.1 Å². The molecule has 5 heteroatoms. The Bertz CT molecular complexity index is 594. The Morgan fingerprint density at radius 3 is 2.16 bits per heavy atom. The fourth-order valence-corrected chi connectivity index (χ4v) is 1.67. The van der Waals surface area contributed by atoms with E-state index >= 15 is 0 Å². The van der Waals surface area contributed by atoms with Crippen LogP contribution < -0.4 is 11.2 Å². The summed E-state index contributed by atoms with van der Waals surface area (Å²) in [6.07, 6.45) is 0. The first-order chi connectivity index (χ1) is 9.16. The van der Waals surface area contributed by atoms with E-state index in [1.54, 1.807) is 24.3 Å². The number of aromatic hydroxyl groups is 1. The Hall–Kier alpha value is -2.40. The Morgan fingerprint density at radius 1 is 1.00 bits per heavy atom. The molecule has 19 heavy (non-hydrogen) atoms. The van der Waals surface area contributed by atoms with Crippen LogP contribution in [0, 0.1) is 0 Å². The number of phenolic OH excluding ortho intramolecular Hbond substituents is 1. The largest absolute Gasteiger partial charge is 0.508 e. The molecule has 0 bridgehead atoms. The summed E-state index contributed by atoms with van der Waals surface area (Å²) in [4.78, 5) is 0. The SMILES string of the molecule is NC(=S)N/N=C(\c1ccccc1)c1ccc(O)cc1. The zero-order valence-corrected chi connectivity index (χ0v) is 10.9. The molecule has 2 aromatic carbocycles. The maximum Gasteiger partial charge on any atom is 0.184 e. The Balaban J connectivity index is 2.43. The monoisotopic (exact) mass is 271 g/mol.